The zero-order valence-electron chi connectivity index (χ0n) is 18.0. The first-order valence-corrected chi connectivity index (χ1v) is 10.3. The summed E-state index contributed by atoms with van der Waals surface area (Å²) in [6.45, 7) is 6.47. The van der Waals surface area contributed by atoms with E-state index in [4.69, 9.17) is 0 Å². The molecule has 3 N–H and O–H groups in total. The summed E-state index contributed by atoms with van der Waals surface area (Å²) < 4.78 is 1.74. The number of rotatable bonds is 10. The minimum Gasteiger partial charge on any atom is -0.372 e. The van der Waals surface area contributed by atoms with Gasteiger partial charge in [0.05, 0.1) is 11.6 Å². The third-order valence-corrected chi connectivity index (χ3v) is 4.86. The van der Waals surface area contributed by atoms with E-state index >= 15 is 0 Å². The molecule has 0 saturated heterocycles. The number of benzene rings is 1. The zero-order chi connectivity index (χ0) is 21.2. The highest BCUT2D eigenvalue weighted by Crippen LogP contribution is 2.17. The van der Waals surface area contributed by atoms with Crippen molar-refractivity contribution in [3.05, 3.63) is 42.9 Å². The first kappa shape index (κ1) is 21.4. The van der Waals surface area contributed by atoms with Gasteiger partial charge in [-0.05, 0) is 25.5 Å². The molecule has 1 aromatic carbocycles. The Morgan fingerprint density at radius 2 is 1.90 bits per heavy atom. The van der Waals surface area contributed by atoms with Gasteiger partial charge in [-0.2, -0.15) is 5.10 Å². The second kappa shape index (κ2) is 11.0. The average Bonchev–Trinajstić information content (AvgIpc) is 3.17. The molecule has 0 unspecified atom stereocenters. The maximum Gasteiger partial charge on any atom is 0.191 e. The summed E-state index contributed by atoms with van der Waals surface area (Å²) >= 11 is 0. The van der Waals surface area contributed by atoms with E-state index < -0.39 is 0 Å². The summed E-state index contributed by atoms with van der Waals surface area (Å²) in [5, 5.41) is 15.2. The largest absolute Gasteiger partial charge is 0.372 e. The molecule has 0 aliphatic heterocycles. The van der Waals surface area contributed by atoms with Crippen molar-refractivity contribution in [1.82, 2.24) is 30.4 Å². The fourth-order valence-electron chi connectivity index (χ4n) is 3.27. The summed E-state index contributed by atoms with van der Waals surface area (Å²) in [4.78, 5) is 15.2. The van der Waals surface area contributed by atoms with Crippen molar-refractivity contribution in [3.8, 4) is 0 Å². The highest BCUT2D eigenvalue weighted by atomic mass is 15.3. The Balaban J connectivity index is 1.36. The number of guanidine groups is 1. The lowest BCUT2D eigenvalue weighted by atomic mass is 10.2. The lowest BCUT2D eigenvalue weighted by molar-refractivity contribution is 0.710. The standard InChI is InChI=1S/C21H31N9/c1-4-30(17-9-6-5-7-10-17)14-8-11-24-21(22-2)25-13-12-23-19-18-15-28-29(3)20(18)27-16-26-19/h5-7,9-10,15-16H,4,8,11-14H2,1-3H3,(H2,22,24,25)(H,23,26,27). The predicted molar refractivity (Wildman–Crippen MR) is 123 cm³/mol. The van der Waals surface area contributed by atoms with Crippen molar-refractivity contribution in [2.75, 3.05) is 50.0 Å². The number of hydrogen-bond donors (Lipinski definition) is 3. The van der Waals surface area contributed by atoms with Crippen molar-refractivity contribution in [2.24, 2.45) is 12.0 Å². The summed E-state index contributed by atoms with van der Waals surface area (Å²) in [6, 6.07) is 10.5. The van der Waals surface area contributed by atoms with Gasteiger partial charge in [-0.25, -0.2) is 9.97 Å². The summed E-state index contributed by atoms with van der Waals surface area (Å²) in [5.74, 6) is 1.59. The molecule has 30 heavy (non-hydrogen) atoms. The highest BCUT2D eigenvalue weighted by molar-refractivity contribution is 5.86. The molecule has 0 saturated carbocycles. The number of hydrogen-bond acceptors (Lipinski definition) is 6. The number of aryl methyl sites for hydroxylation is 1. The molecule has 9 heteroatoms. The quantitative estimate of drug-likeness (QED) is 0.267. The molecule has 0 fully saturated rings. The summed E-state index contributed by atoms with van der Waals surface area (Å²) in [5.41, 5.74) is 2.08. The van der Waals surface area contributed by atoms with E-state index in [2.05, 4.69) is 72.1 Å². The van der Waals surface area contributed by atoms with Crippen LogP contribution in [-0.2, 0) is 7.05 Å². The number of aliphatic imine (C=N–C) groups is 1. The van der Waals surface area contributed by atoms with Gasteiger partial charge < -0.3 is 20.9 Å². The molecular weight excluding hydrogens is 378 g/mol. The Morgan fingerprint density at radius 3 is 2.67 bits per heavy atom. The van der Waals surface area contributed by atoms with Gasteiger partial charge in [0.1, 0.15) is 12.1 Å². The van der Waals surface area contributed by atoms with Crippen LogP contribution in [0.1, 0.15) is 13.3 Å². The number of fused-ring (bicyclic) bond motifs is 1. The minimum absolute atomic E-state index is 0.708. The fraction of sp³-hybridized carbons (Fsp3) is 0.429. The van der Waals surface area contributed by atoms with E-state index in [0.29, 0.717) is 6.54 Å². The second-order valence-corrected chi connectivity index (χ2v) is 6.85. The molecule has 3 aromatic rings. The Bertz CT molecular complexity index is 936. The zero-order valence-corrected chi connectivity index (χ0v) is 18.0. The van der Waals surface area contributed by atoms with E-state index in [1.54, 1.807) is 24.3 Å². The van der Waals surface area contributed by atoms with Crippen LogP contribution in [0.5, 0.6) is 0 Å². The van der Waals surface area contributed by atoms with Crippen LogP contribution in [0.2, 0.25) is 0 Å². The Labute approximate surface area is 177 Å². The molecule has 3 rings (SSSR count). The molecule has 160 valence electrons. The third kappa shape index (κ3) is 5.59. The van der Waals surface area contributed by atoms with Gasteiger partial charge in [0.25, 0.3) is 0 Å². The van der Waals surface area contributed by atoms with E-state index in [9.17, 15) is 0 Å². The molecule has 0 atom stereocenters. The first-order chi connectivity index (χ1) is 14.7. The lowest BCUT2D eigenvalue weighted by Gasteiger charge is -2.23. The van der Waals surface area contributed by atoms with Gasteiger partial charge in [-0.3, -0.25) is 9.67 Å². The van der Waals surface area contributed by atoms with Crippen molar-refractivity contribution < 1.29 is 0 Å². The molecule has 9 nitrogen and oxygen atoms in total. The molecule has 0 radical (unpaired) electrons. The minimum atomic E-state index is 0.708. The Kier molecular flexibility index (Phi) is 7.82. The number of anilines is 2. The molecule has 2 aromatic heterocycles. The van der Waals surface area contributed by atoms with E-state index in [0.717, 1.165) is 55.4 Å². The van der Waals surface area contributed by atoms with E-state index in [1.165, 1.54) is 5.69 Å². The van der Waals surface area contributed by atoms with Gasteiger partial charge in [0.2, 0.25) is 0 Å². The maximum absolute atomic E-state index is 4.31. The summed E-state index contributed by atoms with van der Waals surface area (Å²) in [6.07, 6.45) is 4.36. The van der Waals surface area contributed by atoms with Gasteiger partial charge in [-0.1, -0.05) is 18.2 Å². The van der Waals surface area contributed by atoms with Crippen LogP contribution in [0, 0.1) is 0 Å². The van der Waals surface area contributed by atoms with Crippen LogP contribution < -0.4 is 20.9 Å². The normalized spacial score (nSPS) is 11.5. The molecule has 0 spiro atoms. The fourth-order valence-corrected chi connectivity index (χ4v) is 3.27. The van der Waals surface area contributed by atoms with Crippen LogP contribution in [-0.4, -0.2) is 65.5 Å². The average molecular weight is 410 g/mol. The van der Waals surface area contributed by atoms with Gasteiger partial charge in [-0.15, -0.1) is 0 Å². The van der Waals surface area contributed by atoms with Crippen LogP contribution in [0.3, 0.4) is 0 Å². The second-order valence-electron chi connectivity index (χ2n) is 6.85. The predicted octanol–water partition coefficient (Wildman–Crippen LogP) is 1.86. The van der Waals surface area contributed by atoms with Crippen molar-refractivity contribution >= 4 is 28.5 Å². The van der Waals surface area contributed by atoms with Crippen LogP contribution >= 0.6 is 0 Å². The van der Waals surface area contributed by atoms with Crippen LogP contribution in [0.4, 0.5) is 11.5 Å². The van der Waals surface area contributed by atoms with Crippen LogP contribution in [0.25, 0.3) is 11.0 Å². The molecule has 0 bridgehead atoms. The third-order valence-electron chi connectivity index (χ3n) is 4.86. The maximum atomic E-state index is 4.31. The van der Waals surface area contributed by atoms with Crippen LogP contribution in [0.15, 0.2) is 47.8 Å². The Hall–Kier alpha value is -3.36. The van der Waals surface area contributed by atoms with E-state index in [1.807, 2.05) is 13.1 Å². The molecular formula is C21H31N9. The topological polar surface area (TPSA) is 95.3 Å². The van der Waals surface area contributed by atoms with Crippen molar-refractivity contribution in [3.63, 3.8) is 0 Å². The number of para-hydroxylation sites is 1. The lowest BCUT2D eigenvalue weighted by Crippen LogP contribution is -2.40. The number of nitrogens with one attached hydrogen (secondary N) is 3. The van der Waals surface area contributed by atoms with Gasteiger partial charge in [0, 0.05) is 52.5 Å². The summed E-state index contributed by atoms with van der Waals surface area (Å²) in [7, 11) is 3.66. The molecule has 0 amide bonds. The Morgan fingerprint density at radius 1 is 1.10 bits per heavy atom. The molecule has 0 aliphatic carbocycles. The molecule has 2 heterocycles. The number of nitrogens with zero attached hydrogens (tertiary/aromatic N) is 6. The monoisotopic (exact) mass is 409 g/mol. The molecule has 0 aliphatic rings. The van der Waals surface area contributed by atoms with Gasteiger partial charge >= 0.3 is 0 Å². The number of aromatic nitrogens is 4. The first-order valence-electron chi connectivity index (χ1n) is 10.3. The van der Waals surface area contributed by atoms with Gasteiger partial charge in [0.15, 0.2) is 11.6 Å². The smallest absolute Gasteiger partial charge is 0.191 e. The van der Waals surface area contributed by atoms with Crippen molar-refractivity contribution in [2.45, 2.75) is 13.3 Å². The van der Waals surface area contributed by atoms with E-state index in [-0.39, 0.29) is 0 Å². The van der Waals surface area contributed by atoms with Crippen molar-refractivity contribution in [1.29, 1.82) is 0 Å². The highest BCUT2D eigenvalue weighted by Gasteiger charge is 2.07. The SMILES string of the molecule is CCN(CCCNC(=NC)NCCNc1ncnc2c1cnn2C)c1ccccc1.